The molecule has 5 heteroatoms. The van der Waals surface area contributed by atoms with E-state index in [4.69, 9.17) is 4.74 Å². The van der Waals surface area contributed by atoms with E-state index in [0.717, 1.165) is 11.3 Å². The van der Waals surface area contributed by atoms with E-state index in [1.165, 1.54) is 0 Å². The zero-order valence-electron chi connectivity index (χ0n) is 8.47. The summed E-state index contributed by atoms with van der Waals surface area (Å²) in [4.78, 5) is 12.7. The molecule has 0 radical (unpaired) electrons. The van der Waals surface area contributed by atoms with Crippen molar-refractivity contribution in [3.05, 3.63) is 24.5 Å². The summed E-state index contributed by atoms with van der Waals surface area (Å²) < 4.78 is 4.92. The van der Waals surface area contributed by atoms with Crippen molar-refractivity contribution in [3.8, 4) is 0 Å². The van der Waals surface area contributed by atoms with Crippen LogP contribution in [-0.4, -0.2) is 35.2 Å². The van der Waals surface area contributed by atoms with Crippen LogP contribution < -0.4 is 5.32 Å². The molecule has 2 aromatic heterocycles. The number of hydrogen-bond acceptors (Lipinski definition) is 5. The van der Waals surface area contributed by atoms with E-state index in [1.54, 1.807) is 19.5 Å². The molecule has 2 heterocycles. The molecule has 15 heavy (non-hydrogen) atoms. The highest BCUT2D eigenvalue weighted by atomic mass is 16.5. The Morgan fingerprint density at radius 1 is 1.40 bits per heavy atom. The third kappa shape index (κ3) is 2.38. The first-order chi connectivity index (χ1) is 7.40. The van der Waals surface area contributed by atoms with E-state index >= 15 is 0 Å². The van der Waals surface area contributed by atoms with E-state index in [9.17, 15) is 0 Å². The standard InChI is InChI=1S/C10H12N4O/c1-15-6-5-11-9-7-13-8-3-2-4-12-10(8)14-9/h2-4,7H,5-6H2,1H3,(H,11,12,14). The lowest BCUT2D eigenvalue weighted by molar-refractivity contribution is 0.210. The second-order valence-corrected chi connectivity index (χ2v) is 3.02. The van der Waals surface area contributed by atoms with Gasteiger partial charge in [0.15, 0.2) is 5.65 Å². The van der Waals surface area contributed by atoms with Crippen molar-refractivity contribution in [2.24, 2.45) is 0 Å². The van der Waals surface area contributed by atoms with Gasteiger partial charge in [0, 0.05) is 19.9 Å². The van der Waals surface area contributed by atoms with Crippen LogP contribution in [-0.2, 0) is 4.74 Å². The average Bonchev–Trinajstić information content (AvgIpc) is 2.29. The van der Waals surface area contributed by atoms with Gasteiger partial charge in [-0.25, -0.2) is 15.0 Å². The summed E-state index contributed by atoms with van der Waals surface area (Å²) in [5.74, 6) is 0.721. The highest BCUT2D eigenvalue weighted by Crippen LogP contribution is 2.08. The van der Waals surface area contributed by atoms with Gasteiger partial charge in [0.05, 0.1) is 12.8 Å². The molecule has 2 rings (SSSR count). The van der Waals surface area contributed by atoms with Crippen molar-refractivity contribution >= 4 is 17.0 Å². The van der Waals surface area contributed by atoms with Gasteiger partial charge in [0.2, 0.25) is 0 Å². The van der Waals surface area contributed by atoms with Crippen LogP contribution in [0.25, 0.3) is 11.2 Å². The third-order valence-corrected chi connectivity index (χ3v) is 1.93. The van der Waals surface area contributed by atoms with Gasteiger partial charge in [-0.3, -0.25) is 0 Å². The maximum Gasteiger partial charge on any atom is 0.180 e. The fourth-order valence-electron chi connectivity index (χ4n) is 1.22. The molecule has 0 amide bonds. The first kappa shape index (κ1) is 9.79. The Hall–Kier alpha value is -1.75. The molecule has 2 aromatic rings. The molecule has 0 bridgehead atoms. The predicted molar refractivity (Wildman–Crippen MR) is 57.7 cm³/mol. The summed E-state index contributed by atoms with van der Waals surface area (Å²) >= 11 is 0. The maximum absolute atomic E-state index is 4.92. The molecule has 0 aliphatic heterocycles. The number of anilines is 1. The van der Waals surface area contributed by atoms with Crippen molar-refractivity contribution in [1.82, 2.24) is 15.0 Å². The van der Waals surface area contributed by atoms with Crippen molar-refractivity contribution < 1.29 is 4.74 Å². The maximum atomic E-state index is 4.92. The predicted octanol–water partition coefficient (Wildman–Crippen LogP) is 1.08. The molecule has 0 fully saturated rings. The molecule has 5 nitrogen and oxygen atoms in total. The smallest absolute Gasteiger partial charge is 0.180 e. The summed E-state index contributed by atoms with van der Waals surface area (Å²) in [5.41, 5.74) is 1.45. The number of methoxy groups -OCH3 is 1. The average molecular weight is 204 g/mol. The highest BCUT2D eigenvalue weighted by molar-refractivity contribution is 5.70. The van der Waals surface area contributed by atoms with Gasteiger partial charge in [0.1, 0.15) is 11.3 Å². The minimum absolute atomic E-state index is 0.641. The van der Waals surface area contributed by atoms with Crippen LogP contribution in [0.4, 0.5) is 5.82 Å². The fraction of sp³-hybridized carbons (Fsp3) is 0.300. The van der Waals surface area contributed by atoms with Gasteiger partial charge in [-0.15, -0.1) is 0 Å². The number of fused-ring (bicyclic) bond motifs is 1. The van der Waals surface area contributed by atoms with E-state index in [-0.39, 0.29) is 0 Å². The van der Waals surface area contributed by atoms with Crippen LogP contribution in [0.15, 0.2) is 24.5 Å². The van der Waals surface area contributed by atoms with E-state index in [2.05, 4.69) is 20.3 Å². The van der Waals surface area contributed by atoms with Gasteiger partial charge < -0.3 is 10.1 Å². The molecule has 0 aliphatic rings. The Bertz CT molecular complexity index is 446. The second kappa shape index (κ2) is 4.65. The van der Waals surface area contributed by atoms with Crippen LogP contribution >= 0.6 is 0 Å². The summed E-state index contributed by atoms with van der Waals surface area (Å²) in [5, 5.41) is 3.10. The molecule has 1 N–H and O–H groups in total. The van der Waals surface area contributed by atoms with Crippen LogP contribution in [0.3, 0.4) is 0 Å². The first-order valence-corrected chi connectivity index (χ1v) is 4.71. The molecule has 0 spiro atoms. The lowest BCUT2D eigenvalue weighted by Gasteiger charge is -2.04. The van der Waals surface area contributed by atoms with Gasteiger partial charge in [-0.1, -0.05) is 0 Å². The Balaban J connectivity index is 2.16. The first-order valence-electron chi connectivity index (χ1n) is 4.71. The number of aromatic nitrogens is 3. The van der Waals surface area contributed by atoms with Crippen molar-refractivity contribution in [2.75, 3.05) is 25.6 Å². The van der Waals surface area contributed by atoms with Crippen LogP contribution in [0.1, 0.15) is 0 Å². The molecular weight excluding hydrogens is 192 g/mol. The number of nitrogens with one attached hydrogen (secondary N) is 1. The zero-order valence-corrected chi connectivity index (χ0v) is 8.47. The fourth-order valence-corrected chi connectivity index (χ4v) is 1.22. The number of hydrogen-bond donors (Lipinski definition) is 1. The molecule has 0 aliphatic carbocycles. The Labute approximate surface area is 87.5 Å². The molecule has 0 unspecified atom stereocenters. The SMILES string of the molecule is COCCNc1cnc2cccnc2n1. The Morgan fingerprint density at radius 2 is 2.33 bits per heavy atom. The van der Waals surface area contributed by atoms with E-state index in [0.29, 0.717) is 18.8 Å². The monoisotopic (exact) mass is 204 g/mol. The normalized spacial score (nSPS) is 10.5. The molecule has 0 atom stereocenters. The largest absolute Gasteiger partial charge is 0.383 e. The summed E-state index contributed by atoms with van der Waals surface area (Å²) in [6.45, 7) is 1.35. The quantitative estimate of drug-likeness (QED) is 0.755. The second-order valence-electron chi connectivity index (χ2n) is 3.02. The van der Waals surface area contributed by atoms with E-state index < -0.39 is 0 Å². The number of pyridine rings is 1. The van der Waals surface area contributed by atoms with Gasteiger partial charge in [0.25, 0.3) is 0 Å². The molecule has 0 saturated heterocycles. The zero-order chi connectivity index (χ0) is 10.5. The van der Waals surface area contributed by atoms with Gasteiger partial charge >= 0.3 is 0 Å². The van der Waals surface area contributed by atoms with Gasteiger partial charge in [-0.2, -0.15) is 0 Å². The Kier molecular flexibility index (Phi) is 3.04. The van der Waals surface area contributed by atoms with Gasteiger partial charge in [-0.05, 0) is 12.1 Å². The summed E-state index contributed by atoms with van der Waals surface area (Å²) in [6, 6.07) is 3.73. The highest BCUT2D eigenvalue weighted by Gasteiger charge is 1.98. The van der Waals surface area contributed by atoms with Crippen LogP contribution in [0, 0.1) is 0 Å². The van der Waals surface area contributed by atoms with Crippen molar-refractivity contribution in [2.45, 2.75) is 0 Å². The molecule has 78 valence electrons. The van der Waals surface area contributed by atoms with Crippen molar-refractivity contribution in [1.29, 1.82) is 0 Å². The van der Waals surface area contributed by atoms with E-state index in [1.807, 2.05) is 12.1 Å². The third-order valence-electron chi connectivity index (χ3n) is 1.93. The summed E-state index contributed by atoms with van der Waals surface area (Å²) in [6.07, 6.45) is 3.40. The number of rotatable bonds is 4. The van der Waals surface area contributed by atoms with Crippen LogP contribution in [0.5, 0.6) is 0 Å². The Morgan fingerprint density at radius 3 is 3.20 bits per heavy atom. The lowest BCUT2D eigenvalue weighted by Crippen LogP contribution is -2.09. The minimum atomic E-state index is 0.641. The molecule has 0 saturated carbocycles. The summed E-state index contributed by atoms with van der Waals surface area (Å²) in [7, 11) is 1.66. The lowest BCUT2D eigenvalue weighted by atomic mass is 10.4. The number of ether oxygens (including phenoxy) is 1. The molecule has 0 aromatic carbocycles. The number of nitrogens with zero attached hydrogens (tertiary/aromatic N) is 3. The van der Waals surface area contributed by atoms with Crippen molar-refractivity contribution in [3.63, 3.8) is 0 Å². The van der Waals surface area contributed by atoms with Crippen LogP contribution in [0.2, 0.25) is 0 Å². The minimum Gasteiger partial charge on any atom is -0.383 e. The topological polar surface area (TPSA) is 59.9 Å². The molecular formula is C10H12N4O.